The number of carbonyl (C=O) groups excluding carboxylic acids is 4. The Balaban J connectivity index is 1.51. The second-order valence-corrected chi connectivity index (χ2v) is 6.66. The number of ether oxygens (including phenoxy) is 2. The van der Waals surface area contributed by atoms with Gasteiger partial charge in [-0.1, -0.05) is 24.3 Å². The van der Waals surface area contributed by atoms with Crippen molar-refractivity contribution in [2.75, 3.05) is 24.7 Å². The summed E-state index contributed by atoms with van der Waals surface area (Å²) < 4.78 is 10.3. The van der Waals surface area contributed by atoms with Crippen LogP contribution in [0.15, 0.2) is 48.5 Å². The Morgan fingerprint density at radius 3 is 2.48 bits per heavy atom. The maximum Gasteiger partial charge on any atom is 0.344 e. The van der Waals surface area contributed by atoms with Crippen molar-refractivity contribution in [2.24, 2.45) is 0 Å². The molecule has 0 atom stereocenters. The lowest BCUT2D eigenvalue weighted by Crippen LogP contribution is -2.24. The fraction of sp³-hybridized carbons (Fsp3) is 0.273. The van der Waals surface area contributed by atoms with Crippen LogP contribution >= 0.6 is 0 Å². The van der Waals surface area contributed by atoms with Crippen molar-refractivity contribution in [3.05, 3.63) is 59.7 Å². The summed E-state index contributed by atoms with van der Waals surface area (Å²) in [5.74, 6) is -0.777. The molecule has 0 N–H and O–H groups in total. The van der Waals surface area contributed by atoms with Gasteiger partial charge in [-0.3, -0.25) is 14.4 Å². The van der Waals surface area contributed by atoms with E-state index >= 15 is 0 Å². The number of benzene rings is 2. The number of hydrogen-bond acceptors (Lipinski definition) is 6. The molecule has 1 fully saturated rings. The predicted molar refractivity (Wildman–Crippen MR) is 105 cm³/mol. The lowest BCUT2D eigenvalue weighted by atomic mass is 10.1. The third-order valence-corrected chi connectivity index (χ3v) is 4.51. The number of anilines is 1. The molecule has 1 aliphatic rings. The van der Waals surface area contributed by atoms with Gasteiger partial charge >= 0.3 is 5.97 Å². The molecular formula is C22H21NO6. The predicted octanol–water partition coefficient (Wildman–Crippen LogP) is 2.82. The maximum absolute atomic E-state index is 12.3. The van der Waals surface area contributed by atoms with Crippen molar-refractivity contribution in [1.29, 1.82) is 0 Å². The summed E-state index contributed by atoms with van der Waals surface area (Å²) in [6.45, 7) is 1.27. The summed E-state index contributed by atoms with van der Waals surface area (Å²) in [5, 5.41) is 0. The van der Waals surface area contributed by atoms with Gasteiger partial charge in [0.25, 0.3) is 0 Å². The zero-order valence-electron chi connectivity index (χ0n) is 16.1. The zero-order valence-corrected chi connectivity index (χ0v) is 16.1. The lowest BCUT2D eigenvalue weighted by Gasteiger charge is -2.16. The molecule has 29 heavy (non-hydrogen) atoms. The van der Waals surface area contributed by atoms with E-state index in [2.05, 4.69) is 0 Å². The van der Waals surface area contributed by atoms with Gasteiger partial charge in [-0.2, -0.15) is 0 Å². The largest absolute Gasteiger partial charge is 0.482 e. The van der Waals surface area contributed by atoms with Crippen LogP contribution in [-0.2, 0) is 14.3 Å². The normalized spacial score (nSPS) is 13.3. The average Bonchev–Trinajstić information content (AvgIpc) is 3.16. The molecule has 1 saturated heterocycles. The minimum atomic E-state index is -0.697. The van der Waals surface area contributed by atoms with Crippen molar-refractivity contribution >= 4 is 29.1 Å². The molecule has 0 saturated carbocycles. The summed E-state index contributed by atoms with van der Waals surface area (Å²) in [4.78, 5) is 49.1. The van der Waals surface area contributed by atoms with Crippen LogP contribution in [0.1, 0.15) is 40.5 Å². The van der Waals surface area contributed by atoms with Crippen LogP contribution in [0.4, 0.5) is 5.69 Å². The van der Waals surface area contributed by atoms with Crippen molar-refractivity contribution < 1.29 is 28.7 Å². The Bertz CT molecular complexity index is 952. The quantitative estimate of drug-likeness (QED) is 0.504. The number of ketones is 2. The van der Waals surface area contributed by atoms with Gasteiger partial charge in [-0.15, -0.1) is 0 Å². The van der Waals surface area contributed by atoms with E-state index in [1.807, 2.05) is 0 Å². The number of amides is 1. The van der Waals surface area contributed by atoms with E-state index < -0.39 is 12.6 Å². The Labute approximate surface area is 168 Å². The van der Waals surface area contributed by atoms with Crippen molar-refractivity contribution in [2.45, 2.75) is 19.8 Å². The number of Topliss-reactive ketones (excluding diaryl/α,β-unsaturated/α-hetero) is 2. The van der Waals surface area contributed by atoms with Crippen LogP contribution in [0.5, 0.6) is 5.75 Å². The maximum atomic E-state index is 12.3. The number of rotatable bonds is 8. The highest BCUT2D eigenvalue weighted by Gasteiger charge is 2.22. The Morgan fingerprint density at radius 1 is 1.00 bits per heavy atom. The summed E-state index contributed by atoms with van der Waals surface area (Å²) in [5.41, 5.74) is 1.51. The van der Waals surface area contributed by atoms with Crippen LogP contribution in [-0.4, -0.2) is 43.2 Å². The number of esters is 1. The second-order valence-electron chi connectivity index (χ2n) is 6.66. The van der Waals surface area contributed by atoms with E-state index in [0.29, 0.717) is 35.5 Å². The number of hydrogen-bond donors (Lipinski definition) is 0. The molecule has 7 heteroatoms. The Hall–Kier alpha value is -3.48. The molecule has 0 aromatic heterocycles. The smallest absolute Gasteiger partial charge is 0.344 e. The van der Waals surface area contributed by atoms with E-state index in [9.17, 15) is 19.2 Å². The third kappa shape index (κ3) is 5.28. The summed E-state index contributed by atoms with van der Waals surface area (Å²) >= 11 is 0. The molecule has 7 nitrogen and oxygen atoms in total. The summed E-state index contributed by atoms with van der Waals surface area (Å²) in [7, 11) is 0. The van der Waals surface area contributed by atoms with Gasteiger partial charge in [0.15, 0.2) is 24.8 Å². The van der Waals surface area contributed by atoms with Crippen molar-refractivity contribution in [1.82, 2.24) is 0 Å². The van der Waals surface area contributed by atoms with E-state index in [1.165, 1.54) is 13.0 Å². The SMILES string of the molecule is CC(=O)c1cccc(OCC(=O)OCC(=O)c2cccc(N3CCCC3=O)c2)c1. The highest BCUT2D eigenvalue weighted by molar-refractivity contribution is 6.01. The molecule has 1 amide bonds. The molecule has 150 valence electrons. The van der Waals surface area contributed by atoms with E-state index in [1.54, 1.807) is 47.4 Å². The van der Waals surface area contributed by atoms with Gasteiger partial charge in [0.2, 0.25) is 5.91 Å². The van der Waals surface area contributed by atoms with Crippen LogP contribution in [0.3, 0.4) is 0 Å². The minimum absolute atomic E-state index is 0.0343. The van der Waals surface area contributed by atoms with Crippen molar-refractivity contribution in [3.63, 3.8) is 0 Å². The average molecular weight is 395 g/mol. The molecule has 2 aromatic carbocycles. The standard InChI is InChI=1S/C22H21NO6/c1-15(24)16-5-3-8-19(12-16)28-14-22(27)29-13-20(25)17-6-2-7-18(11-17)23-10-4-9-21(23)26/h2-3,5-8,11-12H,4,9-10,13-14H2,1H3. The third-order valence-electron chi connectivity index (χ3n) is 4.51. The molecule has 1 aliphatic heterocycles. The second kappa shape index (κ2) is 9.14. The highest BCUT2D eigenvalue weighted by Crippen LogP contribution is 2.22. The molecule has 1 heterocycles. The number of nitrogens with zero attached hydrogens (tertiary/aromatic N) is 1. The lowest BCUT2D eigenvalue weighted by molar-refractivity contribution is -0.144. The van der Waals surface area contributed by atoms with Crippen molar-refractivity contribution in [3.8, 4) is 5.75 Å². The van der Waals surface area contributed by atoms with E-state index in [4.69, 9.17) is 9.47 Å². The van der Waals surface area contributed by atoms with Gasteiger partial charge in [0.1, 0.15) is 5.75 Å². The summed E-state index contributed by atoms with van der Waals surface area (Å²) in [6.07, 6.45) is 1.30. The topological polar surface area (TPSA) is 90.0 Å². The van der Waals surface area contributed by atoms with Crippen LogP contribution in [0, 0.1) is 0 Å². The number of carbonyl (C=O) groups is 4. The molecule has 2 aromatic rings. The molecule has 0 unspecified atom stereocenters. The zero-order chi connectivity index (χ0) is 20.8. The molecular weight excluding hydrogens is 374 g/mol. The minimum Gasteiger partial charge on any atom is -0.482 e. The summed E-state index contributed by atoms with van der Waals surface area (Å²) in [6, 6.07) is 13.2. The molecule has 0 spiro atoms. The Morgan fingerprint density at radius 2 is 1.76 bits per heavy atom. The molecule has 3 rings (SSSR count). The first-order chi connectivity index (χ1) is 13.9. The van der Waals surface area contributed by atoms with Crippen LogP contribution in [0.25, 0.3) is 0 Å². The van der Waals surface area contributed by atoms with Gasteiger partial charge in [-0.25, -0.2) is 4.79 Å². The Kier molecular flexibility index (Phi) is 6.39. The van der Waals surface area contributed by atoms with Crippen LogP contribution in [0.2, 0.25) is 0 Å². The first-order valence-corrected chi connectivity index (χ1v) is 9.27. The fourth-order valence-corrected chi connectivity index (χ4v) is 2.99. The van der Waals surface area contributed by atoms with Gasteiger partial charge < -0.3 is 14.4 Å². The first-order valence-electron chi connectivity index (χ1n) is 9.27. The molecule has 0 bridgehead atoms. The fourth-order valence-electron chi connectivity index (χ4n) is 2.99. The van der Waals surface area contributed by atoms with Crippen LogP contribution < -0.4 is 9.64 Å². The van der Waals surface area contributed by atoms with E-state index in [-0.39, 0.29) is 24.1 Å². The van der Waals surface area contributed by atoms with Gasteiger partial charge in [0, 0.05) is 29.8 Å². The first kappa shape index (κ1) is 20.3. The molecule has 0 aliphatic carbocycles. The van der Waals surface area contributed by atoms with E-state index in [0.717, 1.165) is 6.42 Å². The van der Waals surface area contributed by atoms with Gasteiger partial charge in [0.05, 0.1) is 0 Å². The monoisotopic (exact) mass is 395 g/mol. The van der Waals surface area contributed by atoms with Gasteiger partial charge in [-0.05, 0) is 37.6 Å². The molecule has 0 radical (unpaired) electrons. The highest BCUT2D eigenvalue weighted by atomic mass is 16.6.